The van der Waals surface area contributed by atoms with Crippen molar-refractivity contribution in [3.63, 3.8) is 0 Å². The summed E-state index contributed by atoms with van der Waals surface area (Å²) >= 11 is 0. The molecule has 21 heavy (non-hydrogen) atoms. The second-order valence-electron chi connectivity index (χ2n) is 6.05. The largest absolute Gasteiger partial charge is 0.493 e. The normalized spacial score (nSPS) is 11.2. The van der Waals surface area contributed by atoms with Crippen LogP contribution in [-0.2, 0) is 0 Å². The van der Waals surface area contributed by atoms with E-state index in [0.29, 0.717) is 18.4 Å². The van der Waals surface area contributed by atoms with Gasteiger partial charge in [-0.05, 0) is 41.5 Å². The van der Waals surface area contributed by atoms with Gasteiger partial charge in [0.05, 0.1) is 6.61 Å². The molecule has 0 fully saturated rings. The molecule has 0 atom stereocenters. The molecular weight excluding hydrogens is 256 g/mol. The molecule has 0 aliphatic heterocycles. The molecular formula is C20H26O. The van der Waals surface area contributed by atoms with Crippen molar-refractivity contribution in [1.82, 2.24) is 0 Å². The lowest BCUT2D eigenvalue weighted by Crippen LogP contribution is -2.02. The van der Waals surface area contributed by atoms with E-state index in [4.69, 9.17) is 4.74 Å². The maximum absolute atomic E-state index is 5.86. The van der Waals surface area contributed by atoms with Crippen LogP contribution in [0.2, 0.25) is 0 Å². The quantitative estimate of drug-likeness (QED) is 0.653. The number of ether oxygens (including phenoxy) is 1. The summed E-state index contributed by atoms with van der Waals surface area (Å²) in [6.45, 7) is 11.8. The molecule has 2 rings (SSSR count). The molecule has 0 radical (unpaired) electrons. The van der Waals surface area contributed by atoms with Crippen LogP contribution >= 0.6 is 0 Å². The van der Waals surface area contributed by atoms with Gasteiger partial charge in [0.1, 0.15) is 5.75 Å². The monoisotopic (exact) mass is 282 g/mol. The molecule has 2 aromatic carbocycles. The predicted molar refractivity (Wildman–Crippen MR) is 91.2 cm³/mol. The maximum atomic E-state index is 5.86. The molecule has 1 nitrogen and oxygen atoms in total. The van der Waals surface area contributed by atoms with Gasteiger partial charge in [0.25, 0.3) is 0 Å². The van der Waals surface area contributed by atoms with Crippen LogP contribution in [0, 0.1) is 0 Å². The number of rotatable bonds is 5. The molecule has 112 valence electrons. The molecule has 0 spiro atoms. The molecule has 0 aliphatic carbocycles. The Morgan fingerprint density at radius 2 is 1.38 bits per heavy atom. The summed E-state index contributed by atoms with van der Waals surface area (Å²) in [6.07, 6.45) is 0. The Labute approximate surface area is 129 Å². The molecule has 0 saturated heterocycles. The molecule has 0 amide bonds. The highest BCUT2D eigenvalue weighted by atomic mass is 16.5. The first-order valence-corrected chi connectivity index (χ1v) is 7.91. The summed E-state index contributed by atoms with van der Waals surface area (Å²) in [4.78, 5) is 0. The number of hydrogen-bond acceptors (Lipinski definition) is 1. The number of hydrogen-bond donors (Lipinski definition) is 0. The van der Waals surface area contributed by atoms with Gasteiger partial charge in [-0.15, -0.1) is 0 Å². The van der Waals surface area contributed by atoms with Crippen molar-refractivity contribution in [2.75, 3.05) is 6.61 Å². The number of benzene rings is 2. The second-order valence-corrected chi connectivity index (χ2v) is 6.05. The van der Waals surface area contributed by atoms with Crippen molar-refractivity contribution in [3.05, 3.63) is 53.6 Å². The third kappa shape index (κ3) is 3.29. The fourth-order valence-corrected chi connectivity index (χ4v) is 2.82. The average molecular weight is 282 g/mol. The van der Waals surface area contributed by atoms with E-state index < -0.39 is 0 Å². The number of para-hydroxylation sites is 1. The zero-order chi connectivity index (χ0) is 15.4. The van der Waals surface area contributed by atoms with Crippen molar-refractivity contribution in [3.8, 4) is 16.9 Å². The molecule has 0 heterocycles. The summed E-state index contributed by atoms with van der Waals surface area (Å²) in [5.74, 6) is 1.97. The van der Waals surface area contributed by atoms with E-state index in [0.717, 1.165) is 5.75 Å². The Morgan fingerprint density at radius 1 is 0.810 bits per heavy atom. The van der Waals surface area contributed by atoms with Crippen LogP contribution in [0.4, 0.5) is 0 Å². The lowest BCUT2D eigenvalue weighted by molar-refractivity contribution is 0.341. The lowest BCUT2D eigenvalue weighted by atomic mass is 9.85. The summed E-state index contributed by atoms with van der Waals surface area (Å²) in [5.41, 5.74) is 5.36. The van der Waals surface area contributed by atoms with Gasteiger partial charge in [-0.1, -0.05) is 64.1 Å². The molecule has 0 unspecified atom stereocenters. The molecule has 2 aromatic rings. The van der Waals surface area contributed by atoms with Gasteiger partial charge in [0.2, 0.25) is 0 Å². The summed E-state index contributed by atoms with van der Waals surface area (Å²) in [5, 5.41) is 0. The van der Waals surface area contributed by atoms with Gasteiger partial charge in [-0.3, -0.25) is 0 Å². The topological polar surface area (TPSA) is 9.23 Å². The van der Waals surface area contributed by atoms with Crippen LogP contribution in [0.5, 0.6) is 5.75 Å². The Balaban J connectivity index is 2.72. The minimum absolute atomic E-state index is 0.494. The summed E-state index contributed by atoms with van der Waals surface area (Å²) in [6, 6.07) is 15.1. The summed E-state index contributed by atoms with van der Waals surface area (Å²) < 4.78 is 5.86. The first-order valence-electron chi connectivity index (χ1n) is 7.91. The average Bonchev–Trinajstić information content (AvgIpc) is 2.47. The molecule has 0 aliphatic rings. The molecule has 0 saturated carbocycles. The van der Waals surface area contributed by atoms with E-state index in [9.17, 15) is 0 Å². The van der Waals surface area contributed by atoms with Crippen LogP contribution < -0.4 is 4.74 Å². The van der Waals surface area contributed by atoms with Crippen molar-refractivity contribution >= 4 is 0 Å². The van der Waals surface area contributed by atoms with Gasteiger partial charge < -0.3 is 4.74 Å². The van der Waals surface area contributed by atoms with E-state index in [1.807, 2.05) is 13.0 Å². The summed E-state index contributed by atoms with van der Waals surface area (Å²) in [7, 11) is 0. The van der Waals surface area contributed by atoms with E-state index in [1.54, 1.807) is 0 Å². The van der Waals surface area contributed by atoms with E-state index in [1.165, 1.54) is 22.3 Å². The SMILES string of the molecule is CCOc1ccccc1-c1c(C(C)C)cccc1C(C)C. The van der Waals surface area contributed by atoms with Crippen molar-refractivity contribution in [2.24, 2.45) is 0 Å². The minimum atomic E-state index is 0.494. The Morgan fingerprint density at radius 3 is 1.90 bits per heavy atom. The standard InChI is InChI=1S/C20H26O/c1-6-21-19-13-8-7-10-18(19)20-16(14(2)3)11-9-12-17(20)15(4)5/h7-15H,6H2,1-5H3. The fraction of sp³-hybridized carbons (Fsp3) is 0.400. The van der Waals surface area contributed by atoms with Crippen molar-refractivity contribution in [1.29, 1.82) is 0 Å². The lowest BCUT2D eigenvalue weighted by Gasteiger charge is -2.21. The highest BCUT2D eigenvalue weighted by Gasteiger charge is 2.17. The second kappa shape index (κ2) is 6.80. The highest BCUT2D eigenvalue weighted by Crippen LogP contribution is 2.40. The van der Waals surface area contributed by atoms with E-state index in [-0.39, 0.29) is 0 Å². The van der Waals surface area contributed by atoms with E-state index in [2.05, 4.69) is 64.1 Å². The highest BCUT2D eigenvalue weighted by molar-refractivity contribution is 5.77. The van der Waals surface area contributed by atoms with Gasteiger partial charge in [-0.2, -0.15) is 0 Å². The van der Waals surface area contributed by atoms with Crippen LogP contribution in [0.3, 0.4) is 0 Å². The van der Waals surface area contributed by atoms with Gasteiger partial charge >= 0.3 is 0 Å². The molecule has 0 N–H and O–H groups in total. The third-order valence-electron chi connectivity index (χ3n) is 3.83. The zero-order valence-electron chi connectivity index (χ0n) is 13.8. The van der Waals surface area contributed by atoms with Crippen LogP contribution in [0.25, 0.3) is 11.1 Å². The Hall–Kier alpha value is -1.76. The third-order valence-corrected chi connectivity index (χ3v) is 3.83. The first-order chi connectivity index (χ1) is 10.1. The zero-order valence-corrected chi connectivity index (χ0v) is 13.8. The van der Waals surface area contributed by atoms with Gasteiger partial charge in [0.15, 0.2) is 0 Å². The van der Waals surface area contributed by atoms with Gasteiger partial charge in [-0.25, -0.2) is 0 Å². The Kier molecular flexibility index (Phi) is 5.06. The molecule has 0 aromatic heterocycles. The van der Waals surface area contributed by atoms with Crippen molar-refractivity contribution < 1.29 is 4.74 Å². The minimum Gasteiger partial charge on any atom is -0.493 e. The predicted octanol–water partition coefficient (Wildman–Crippen LogP) is 6.00. The molecule has 1 heteroatoms. The van der Waals surface area contributed by atoms with Crippen LogP contribution in [0.15, 0.2) is 42.5 Å². The Bertz CT molecular complexity index is 570. The van der Waals surface area contributed by atoms with Crippen LogP contribution in [-0.4, -0.2) is 6.61 Å². The van der Waals surface area contributed by atoms with E-state index >= 15 is 0 Å². The fourth-order valence-electron chi connectivity index (χ4n) is 2.82. The first kappa shape index (κ1) is 15.6. The smallest absolute Gasteiger partial charge is 0.127 e. The van der Waals surface area contributed by atoms with Gasteiger partial charge in [0, 0.05) is 5.56 Å². The molecule has 0 bridgehead atoms. The maximum Gasteiger partial charge on any atom is 0.127 e. The van der Waals surface area contributed by atoms with Crippen molar-refractivity contribution in [2.45, 2.75) is 46.5 Å². The van der Waals surface area contributed by atoms with Crippen LogP contribution in [0.1, 0.15) is 57.6 Å².